The topological polar surface area (TPSA) is 27.3 Å². The molecule has 0 spiro atoms. The summed E-state index contributed by atoms with van der Waals surface area (Å²) in [6.45, 7) is 11.8. The molecular formula is C16H33N3. The second-order valence-corrected chi connectivity index (χ2v) is 7.02. The summed E-state index contributed by atoms with van der Waals surface area (Å²) < 4.78 is 0. The SMILES string of the molecule is CC(C)(CNCCC1CCCCC1)N1CCNCC1. The van der Waals surface area contributed by atoms with Crippen LogP contribution in [0.3, 0.4) is 0 Å². The predicted molar refractivity (Wildman–Crippen MR) is 82.6 cm³/mol. The fraction of sp³-hybridized carbons (Fsp3) is 1.00. The van der Waals surface area contributed by atoms with E-state index in [1.54, 1.807) is 0 Å². The van der Waals surface area contributed by atoms with E-state index in [1.807, 2.05) is 0 Å². The van der Waals surface area contributed by atoms with Crippen LogP contribution in [0.1, 0.15) is 52.4 Å². The maximum Gasteiger partial charge on any atom is 0.0278 e. The predicted octanol–water partition coefficient (Wildman–Crippen LogP) is 2.23. The maximum absolute atomic E-state index is 3.71. The summed E-state index contributed by atoms with van der Waals surface area (Å²) in [4.78, 5) is 2.62. The Hall–Kier alpha value is -0.120. The van der Waals surface area contributed by atoms with Crippen molar-refractivity contribution in [2.45, 2.75) is 57.9 Å². The highest BCUT2D eigenvalue weighted by Crippen LogP contribution is 2.25. The summed E-state index contributed by atoms with van der Waals surface area (Å²) in [5.74, 6) is 1.00. The molecule has 2 fully saturated rings. The molecule has 1 heterocycles. The number of hydrogen-bond donors (Lipinski definition) is 2. The Balaban J connectivity index is 1.60. The van der Waals surface area contributed by atoms with Gasteiger partial charge in [-0.2, -0.15) is 0 Å². The highest BCUT2D eigenvalue weighted by atomic mass is 15.2. The molecule has 2 rings (SSSR count). The molecule has 0 amide bonds. The van der Waals surface area contributed by atoms with Crippen molar-refractivity contribution in [3.05, 3.63) is 0 Å². The summed E-state index contributed by atoms with van der Waals surface area (Å²) in [5, 5.41) is 7.14. The first-order valence-corrected chi connectivity index (χ1v) is 8.35. The van der Waals surface area contributed by atoms with Crippen LogP contribution in [0.15, 0.2) is 0 Å². The summed E-state index contributed by atoms with van der Waals surface area (Å²) in [6, 6.07) is 0. The zero-order valence-electron chi connectivity index (χ0n) is 13.0. The van der Waals surface area contributed by atoms with Crippen LogP contribution in [0.5, 0.6) is 0 Å². The van der Waals surface area contributed by atoms with Crippen molar-refractivity contribution in [3.8, 4) is 0 Å². The Kier molecular flexibility index (Phi) is 6.11. The van der Waals surface area contributed by atoms with Gasteiger partial charge in [0.05, 0.1) is 0 Å². The lowest BCUT2D eigenvalue weighted by Gasteiger charge is -2.41. The lowest BCUT2D eigenvalue weighted by atomic mass is 9.87. The molecule has 0 bridgehead atoms. The van der Waals surface area contributed by atoms with Crippen LogP contribution in [0, 0.1) is 5.92 Å². The van der Waals surface area contributed by atoms with Crippen molar-refractivity contribution in [1.82, 2.24) is 15.5 Å². The van der Waals surface area contributed by atoms with E-state index in [2.05, 4.69) is 29.4 Å². The first kappa shape index (κ1) is 15.3. The van der Waals surface area contributed by atoms with Crippen LogP contribution in [-0.4, -0.2) is 49.7 Å². The number of piperazine rings is 1. The van der Waals surface area contributed by atoms with Gasteiger partial charge >= 0.3 is 0 Å². The fourth-order valence-electron chi connectivity index (χ4n) is 3.56. The Morgan fingerprint density at radius 3 is 2.47 bits per heavy atom. The first-order valence-electron chi connectivity index (χ1n) is 8.35. The molecule has 0 atom stereocenters. The normalized spacial score (nSPS) is 23.7. The first-order chi connectivity index (χ1) is 9.18. The number of hydrogen-bond acceptors (Lipinski definition) is 3. The molecular weight excluding hydrogens is 234 g/mol. The van der Waals surface area contributed by atoms with Crippen LogP contribution >= 0.6 is 0 Å². The number of nitrogens with one attached hydrogen (secondary N) is 2. The van der Waals surface area contributed by atoms with Crippen molar-refractivity contribution in [2.24, 2.45) is 5.92 Å². The molecule has 1 aliphatic heterocycles. The molecule has 2 N–H and O–H groups in total. The highest BCUT2D eigenvalue weighted by molar-refractivity contribution is 4.86. The van der Waals surface area contributed by atoms with Gasteiger partial charge in [-0.3, -0.25) is 4.90 Å². The van der Waals surface area contributed by atoms with Gasteiger partial charge in [0.15, 0.2) is 0 Å². The third kappa shape index (κ3) is 5.05. The molecule has 1 saturated carbocycles. The minimum Gasteiger partial charge on any atom is -0.315 e. The van der Waals surface area contributed by atoms with Crippen molar-refractivity contribution >= 4 is 0 Å². The van der Waals surface area contributed by atoms with Gasteiger partial charge in [0.2, 0.25) is 0 Å². The standard InChI is InChI=1S/C16H33N3/c1-16(2,19-12-10-17-11-13-19)14-18-9-8-15-6-4-3-5-7-15/h15,17-18H,3-14H2,1-2H3. The van der Waals surface area contributed by atoms with Crippen LogP contribution in [0.4, 0.5) is 0 Å². The van der Waals surface area contributed by atoms with Crippen molar-refractivity contribution in [2.75, 3.05) is 39.3 Å². The van der Waals surface area contributed by atoms with Crippen molar-refractivity contribution in [3.63, 3.8) is 0 Å². The summed E-state index contributed by atoms with van der Waals surface area (Å²) in [5.41, 5.74) is 0.300. The summed E-state index contributed by atoms with van der Waals surface area (Å²) in [6.07, 6.45) is 8.75. The Morgan fingerprint density at radius 1 is 1.11 bits per heavy atom. The minimum atomic E-state index is 0.300. The van der Waals surface area contributed by atoms with E-state index in [0.717, 1.165) is 25.6 Å². The van der Waals surface area contributed by atoms with Gasteiger partial charge < -0.3 is 10.6 Å². The molecule has 2 aliphatic rings. The monoisotopic (exact) mass is 267 g/mol. The molecule has 3 heteroatoms. The molecule has 0 aromatic rings. The molecule has 1 aliphatic carbocycles. The van der Waals surface area contributed by atoms with Crippen LogP contribution in [-0.2, 0) is 0 Å². The van der Waals surface area contributed by atoms with Gasteiger partial charge in [-0.25, -0.2) is 0 Å². The van der Waals surface area contributed by atoms with Gasteiger partial charge in [-0.05, 0) is 32.7 Å². The van der Waals surface area contributed by atoms with Crippen LogP contribution in [0.25, 0.3) is 0 Å². The molecule has 0 unspecified atom stereocenters. The third-order valence-electron chi connectivity index (χ3n) is 4.98. The van der Waals surface area contributed by atoms with Crippen LogP contribution < -0.4 is 10.6 Å². The Bertz CT molecular complexity index is 240. The van der Waals surface area contributed by atoms with Gasteiger partial charge in [0, 0.05) is 38.3 Å². The molecule has 3 nitrogen and oxygen atoms in total. The van der Waals surface area contributed by atoms with Gasteiger partial charge in [0.25, 0.3) is 0 Å². The molecule has 112 valence electrons. The van der Waals surface area contributed by atoms with E-state index >= 15 is 0 Å². The van der Waals surface area contributed by atoms with Crippen molar-refractivity contribution < 1.29 is 0 Å². The lowest BCUT2D eigenvalue weighted by Crippen LogP contribution is -2.57. The number of nitrogens with zero attached hydrogens (tertiary/aromatic N) is 1. The summed E-state index contributed by atoms with van der Waals surface area (Å²) >= 11 is 0. The van der Waals surface area contributed by atoms with E-state index in [0.29, 0.717) is 5.54 Å². The van der Waals surface area contributed by atoms with E-state index in [9.17, 15) is 0 Å². The van der Waals surface area contributed by atoms with Crippen LogP contribution in [0.2, 0.25) is 0 Å². The fourth-order valence-corrected chi connectivity index (χ4v) is 3.56. The van der Waals surface area contributed by atoms with E-state index < -0.39 is 0 Å². The average molecular weight is 267 g/mol. The molecule has 0 radical (unpaired) electrons. The zero-order valence-corrected chi connectivity index (χ0v) is 13.0. The van der Waals surface area contributed by atoms with E-state index in [4.69, 9.17) is 0 Å². The molecule has 0 aromatic heterocycles. The Labute approximate surface area is 119 Å². The maximum atomic E-state index is 3.71. The zero-order chi connectivity index (χ0) is 13.6. The smallest absolute Gasteiger partial charge is 0.0278 e. The van der Waals surface area contributed by atoms with E-state index in [-0.39, 0.29) is 0 Å². The average Bonchev–Trinajstić information content (AvgIpc) is 2.46. The van der Waals surface area contributed by atoms with E-state index in [1.165, 1.54) is 58.2 Å². The largest absolute Gasteiger partial charge is 0.315 e. The number of rotatable bonds is 6. The highest BCUT2D eigenvalue weighted by Gasteiger charge is 2.27. The summed E-state index contributed by atoms with van der Waals surface area (Å²) in [7, 11) is 0. The second-order valence-electron chi connectivity index (χ2n) is 7.02. The molecule has 19 heavy (non-hydrogen) atoms. The second kappa shape index (κ2) is 7.61. The Morgan fingerprint density at radius 2 is 1.79 bits per heavy atom. The molecule has 0 aromatic carbocycles. The quantitative estimate of drug-likeness (QED) is 0.723. The van der Waals surface area contributed by atoms with Gasteiger partial charge in [0.1, 0.15) is 0 Å². The molecule has 1 saturated heterocycles. The minimum absolute atomic E-state index is 0.300. The van der Waals surface area contributed by atoms with Gasteiger partial charge in [-0.15, -0.1) is 0 Å². The van der Waals surface area contributed by atoms with Gasteiger partial charge in [-0.1, -0.05) is 32.1 Å². The van der Waals surface area contributed by atoms with Crippen molar-refractivity contribution in [1.29, 1.82) is 0 Å². The lowest BCUT2D eigenvalue weighted by molar-refractivity contribution is 0.102. The third-order valence-corrected chi connectivity index (χ3v) is 4.98.